The number of hydrogen-bond acceptors (Lipinski definition) is 4. The molecule has 0 saturated carbocycles. The number of benzene rings is 1. The molecule has 1 aliphatic rings. The Balaban J connectivity index is 1.71. The topological polar surface area (TPSA) is 67.5 Å². The number of amides is 2. The summed E-state index contributed by atoms with van der Waals surface area (Å²) in [5.74, 6) is -0.414. The molecule has 8 heteroatoms. The van der Waals surface area contributed by atoms with E-state index in [9.17, 15) is 9.59 Å². The molecule has 0 radical (unpaired) electrons. The quantitative estimate of drug-likeness (QED) is 0.359. The van der Waals surface area contributed by atoms with E-state index >= 15 is 0 Å². The number of carbonyl (C=O) groups is 2. The van der Waals surface area contributed by atoms with Crippen molar-refractivity contribution < 1.29 is 14.0 Å². The maximum atomic E-state index is 13.1. The summed E-state index contributed by atoms with van der Waals surface area (Å²) in [6.45, 7) is 5.99. The van der Waals surface area contributed by atoms with Crippen LogP contribution in [0.4, 0.5) is 0 Å². The van der Waals surface area contributed by atoms with Crippen molar-refractivity contribution in [2.75, 3.05) is 0 Å². The number of thiocarbonyl (C=S) groups is 1. The Hall–Kier alpha value is -3.16. The monoisotopic (exact) mass is 453 g/mol. The average molecular weight is 454 g/mol. The number of halogens is 1. The minimum absolute atomic E-state index is 0.0161. The molecule has 1 saturated heterocycles. The van der Waals surface area contributed by atoms with Crippen LogP contribution in [0.1, 0.15) is 28.3 Å². The van der Waals surface area contributed by atoms with E-state index in [1.807, 2.05) is 49.6 Å². The maximum absolute atomic E-state index is 13.1. The Kier molecular flexibility index (Phi) is 5.56. The molecule has 1 aromatic carbocycles. The Labute approximate surface area is 190 Å². The summed E-state index contributed by atoms with van der Waals surface area (Å²) >= 11 is 11.5. The van der Waals surface area contributed by atoms with Crippen LogP contribution in [0.25, 0.3) is 11.8 Å². The Morgan fingerprint density at radius 2 is 1.94 bits per heavy atom. The van der Waals surface area contributed by atoms with E-state index in [0.717, 1.165) is 28.2 Å². The molecular weight excluding hydrogens is 434 g/mol. The second kappa shape index (κ2) is 8.17. The third kappa shape index (κ3) is 3.94. The lowest BCUT2D eigenvalue weighted by molar-refractivity contribution is -0.129. The van der Waals surface area contributed by atoms with Crippen molar-refractivity contribution in [3.05, 3.63) is 81.5 Å². The van der Waals surface area contributed by atoms with Gasteiger partial charge in [0.2, 0.25) is 0 Å². The van der Waals surface area contributed by atoms with Crippen LogP contribution in [0.3, 0.4) is 0 Å². The first-order valence-electron chi connectivity index (χ1n) is 9.63. The molecule has 0 unspecified atom stereocenters. The fourth-order valence-electron chi connectivity index (χ4n) is 3.60. The lowest BCUT2D eigenvalue weighted by atomic mass is 10.1. The van der Waals surface area contributed by atoms with Gasteiger partial charge < -0.3 is 8.98 Å². The van der Waals surface area contributed by atoms with Gasteiger partial charge in [-0.1, -0.05) is 17.7 Å². The van der Waals surface area contributed by atoms with Crippen molar-refractivity contribution in [3.63, 3.8) is 0 Å². The van der Waals surface area contributed by atoms with Crippen LogP contribution < -0.4 is 5.32 Å². The number of hydrogen-bond donors (Lipinski definition) is 1. The molecule has 2 aromatic heterocycles. The Bertz CT molecular complexity index is 1240. The fourth-order valence-corrected chi connectivity index (χ4v) is 4.02. The second-order valence-electron chi connectivity index (χ2n) is 7.38. The molecule has 0 spiro atoms. The first-order valence-corrected chi connectivity index (χ1v) is 10.4. The van der Waals surface area contributed by atoms with Crippen LogP contribution in [0.15, 0.2) is 52.7 Å². The number of rotatable bonds is 4. The highest BCUT2D eigenvalue weighted by Crippen LogP contribution is 2.27. The zero-order valence-electron chi connectivity index (χ0n) is 17.2. The fraction of sp³-hybridized carbons (Fsp3) is 0.174. The van der Waals surface area contributed by atoms with Crippen molar-refractivity contribution in [1.29, 1.82) is 0 Å². The Morgan fingerprint density at radius 1 is 1.16 bits per heavy atom. The predicted molar refractivity (Wildman–Crippen MR) is 123 cm³/mol. The number of aromatic nitrogens is 1. The third-order valence-corrected chi connectivity index (χ3v) is 5.99. The minimum Gasteiger partial charge on any atom is -0.467 e. The van der Waals surface area contributed by atoms with Crippen LogP contribution in [0, 0.1) is 20.8 Å². The van der Waals surface area contributed by atoms with E-state index in [1.165, 1.54) is 11.2 Å². The van der Waals surface area contributed by atoms with Crippen LogP contribution in [0.5, 0.6) is 0 Å². The van der Waals surface area contributed by atoms with E-state index < -0.39 is 11.8 Å². The van der Waals surface area contributed by atoms with Gasteiger partial charge in [0.15, 0.2) is 5.11 Å². The van der Waals surface area contributed by atoms with Gasteiger partial charge in [-0.25, -0.2) is 0 Å². The normalized spacial score (nSPS) is 15.7. The largest absolute Gasteiger partial charge is 0.467 e. The number of nitrogens with zero attached hydrogens (tertiary/aromatic N) is 2. The standard InChI is InChI=1S/C23H20ClN3O3S/c1-13-6-7-17(11-20(13)24)27-14(2)9-16(15(27)3)10-19-21(28)25-23(31)26(22(19)29)12-18-5-4-8-30-18/h4-11H,12H2,1-3H3,(H,25,28,31)/b19-10-. The highest BCUT2D eigenvalue weighted by molar-refractivity contribution is 7.80. The lowest BCUT2D eigenvalue weighted by Crippen LogP contribution is -2.53. The van der Waals surface area contributed by atoms with Gasteiger partial charge in [-0.2, -0.15) is 0 Å². The zero-order valence-corrected chi connectivity index (χ0v) is 18.8. The van der Waals surface area contributed by atoms with Crippen LogP contribution >= 0.6 is 23.8 Å². The molecule has 31 heavy (non-hydrogen) atoms. The van der Waals surface area contributed by atoms with Crippen molar-refractivity contribution in [1.82, 2.24) is 14.8 Å². The average Bonchev–Trinajstić information content (AvgIpc) is 3.32. The summed E-state index contributed by atoms with van der Waals surface area (Å²) in [6, 6.07) is 11.3. The van der Waals surface area contributed by atoms with Crippen molar-refractivity contribution in [2.24, 2.45) is 0 Å². The number of aryl methyl sites for hydroxylation is 2. The van der Waals surface area contributed by atoms with Gasteiger partial charge in [0, 0.05) is 22.1 Å². The van der Waals surface area contributed by atoms with Gasteiger partial charge in [0.1, 0.15) is 11.3 Å². The number of carbonyl (C=O) groups excluding carboxylic acids is 2. The molecule has 1 fully saturated rings. The van der Waals surface area contributed by atoms with Gasteiger partial charge in [0.05, 0.1) is 12.8 Å². The highest BCUT2D eigenvalue weighted by Gasteiger charge is 2.34. The van der Waals surface area contributed by atoms with Gasteiger partial charge in [0.25, 0.3) is 11.8 Å². The smallest absolute Gasteiger partial charge is 0.266 e. The van der Waals surface area contributed by atoms with Crippen molar-refractivity contribution in [3.8, 4) is 5.69 Å². The highest BCUT2D eigenvalue weighted by atomic mass is 35.5. The molecule has 158 valence electrons. The van der Waals surface area contributed by atoms with Crippen molar-refractivity contribution >= 4 is 46.8 Å². The Morgan fingerprint density at radius 3 is 2.61 bits per heavy atom. The first kappa shape index (κ1) is 21.1. The molecule has 6 nitrogen and oxygen atoms in total. The summed E-state index contributed by atoms with van der Waals surface area (Å²) in [5.41, 5.74) is 4.52. The molecular formula is C23H20ClN3O3S. The second-order valence-corrected chi connectivity index (χ2v) is 8.18. The lowest BCUT2D eigenvalue weighted by Gasteiger charge is -2.28. The van der Waals surface area contributed by atoms with E-state index in [2.05, 4.69) is 5.32 Å². The molecule has 4 rings (SSSR count). The minimum atomic E-state index is -0.520. The first-order chi connectivity index (χ1) is 14.8. The summed E-state index contributed by atoms with van der Waals surface area (Å²) in [5, 5.41) is 3.33. The molecule has 1 N–H and O–H groups in total. The maximum Gasteiger partial charge on any atom is 0.266 e. The van der Waals surface area contributed by atoms with Gasteiger partial charge in [-0.05, 0) is 80.5 Å². The number of nitrogens with one attached hydrogen (secondary N) is 1. The van der Waals surface area contributed by atoms with Gasteiger partial charge >= 0.3 is 0 Å². The summed E-state index contributed by atoms with van der Waals surface area (Å²) < 4.78 is 7.35. The number of furan rings is 1. The SMILES string of the molecule is Cc1ccc(-n2c(C)cc(/C=C3/C(=O)NC(=S)N(Cc4ccco4)C3=O)c2C)cc1Cl. The summed E-state index contributed by atoms with van der Waals surface area (Å²) in [7, 11) is 0. The van der Waals surface area contributed by atoms with E-state index in [0.29, 0.717) is 10.8 Å². The molecule has 2 amide bonds. The van der Waals surface area contributed by atoms with Gasteiger partial charge in [-0.3, -0.25) is 19.8 Å². The summed E-state index contributed by atoms with van der Waals surface area (Å²) in [4.78, 5) is 27.0. The summed E-state index contributed by atoms with van der Waals surface area (Å²) in [6.07, 6.45) is 3.12. The predicted octanol–water partition coefficient (Wildman–Crippen LogP) is 4.48. The van der Waals surface area contributed by atoms with Crippen LogP contribution in [-0.4, -0.2) is 26.4 Å². The molecule has 0 bridgehead atoms. The van der Waals surface area contributed by atoms with Crippen LogP contribution in [-0.2, 0) is 16.1 Å². The van der Waals surface area contributed by atoms with Crippen LogP contribution in [0.2, 0.25) is 5.02 Å². The van der Waals surface area contributed by atoms with Crippen molar-refractivity contribution in [2.45, 2.75) is 27.3 Å². The molecule has 3 heterocycles. The van der Waals surface area contributed by atoms with Gasteiger partial charge in [-0.15, -0.1) is 0 Å². The van der Waals surface area contributed by atoms with E-state index in [1.54, 1.807) is 18.2 Å². The molecule has 3 aromatic rings. The molecule has 0 atom stereocenters. The third-order valence-electron chi connectivity index (χ3n) is 5.26. The van der Waals surface area contributed by atoms with E-state index in [4.69, 9.17) is 28.2 Å². The molecule has 1 aliphatic heterocycles. The van der Waals surface area contributed by atoms with E-state index in [-0.39, 0.29) is 17.2 Å². The molecule has 0 aliphatic carbocycles. The zero-order chi connectivity index (χ0) is 22.3.